The Bertz CT molecular complexity index is 1990. The van der Waals surface area contributed by atoms with Crippen LogP contribution in [0.25, 0.3) is 22.0 Å². The minimum atomic E-state index is -0.119. The zero-order valence-corrected chi connectivity index (χ0v) is 24.2. The second kappa shape index (κ2) is 11.2. The third-order valence-electron chi connectivity index (χ3n) is 8.52. The Hall–Kier alpha value is -5.67. The van der Waals surface area contributed by atoms with Crippen LogP contribution in [0.2, 0.25) is 0 Å². The van der Waals surface area contributed by atoms with Crippen molar-refractivity contribution in [2.75, 3.05) is 5.32 Å². The Morgan fingerprint density at radius 3 is 1.86 bits per heavy atom. The molecule has 0 spiro atoms. The number of hydrogen-bond donors (Lipinski definition) is 2. The van der Waals surface area contributed by atoms with E-state index in [2.05, 4.69) is 168 Å². The number of nitrogens with one attached hydrogen (secondary N) is 2. The molecule has 3 heteroatoms. The van der Waals surface area contributed by atoms with Crippen molar-refractivity contribution in [2.45, 2.75) is 12.1 Å². The van der Waals surface area contributed by atoms with Crippen LogP contribution in [0.5, 0.6) is 0 Å². The first-order valence-electron chi connectivity index (χ1n) is 15.1. The lowest BCUT2D eigenvalue weighted by molar-refractivity contribution is 0.882. The van der Waals surface area contributed by atoms with Crippen molar-refractivity contribution in [1.82, 2.24) is 5.32 Å². The van der Waals surface area contributed by atoms with Gasteiger partial charge in [-0.2, -0.15) is 0 Å². The molecule has 3 nitrogen and oxygen atoms in total. The molecule has 0 saturated heterocycles. The van der Waals surface area contributed by atoms with Gasteiger partial charge in [-0.15, -0.1) is 0 Å². The van der Waals surface area contributed by atoms with Gasteiger partial charge in [-0.25, -0.2) is 0 Å². The van der Waals surface area contributed by atoms with Gasteiger partial charge in [-0.05, 0) is 62.9 Å². The summed E-state index contributed by atoms with van der Waals surface area (Å²) in [6.45, 7) is 0. The lowest BCUT2D eigenvalue weighted by atomic mass is 9.85. The summed E-state index contributed by atoms with van der Waals surface area (Å²) in [6, 6.07) is 53.5. The second-order valence-corrected chi connectivity index (χ2v) is 11.3. The number of anilines is 1. The van der Waals surface area contributed by atoms with E-state index in [9.17, 15) is 0 Å². The third kappa shape index (κ3) is 4.89. The Morgan fingerprint density at radius 2 is 1.16 bits per heavy atom. The van der Waals surface area contributed by atoms with Gasteiger partial charge in [0.2, 0.25) is 0 Å². The van der Waals surface area contributed by atoms with Crippen LogP contribution in [-0.2, 0) is 0 Å². The van der Waals surface area contributed by atoms with E-state index in [0.29, 0.717) is 0 Å². The largest absolute Gasteiger partial charge is 0.374 e. The van der Waals surface area contributed by atoms with Crippen molar-refractivity contribution >= 4 is 33.6 Å². The highest BCUT2D eigenvalue weighted by Gasteiger charge is 2.24. The maximum Gasteiger partial charge on any atom is 0.133 e. The van der Waals surface area contributed by atoms with Crippen molar-refractivity contribution in [3.05, 3.63) is 197 Å². The molecular weight excluding hydrogens is 534 g/mol. The Morgan fingerprint density at radius 1 is 0.523 bits per heavy atom. The molecule has 2 heterocycles. The first-order valence-corrected chi connectivity index (χ1v) is 15.1. The minimum absolute atomic E-state index is 0.0951. The van der Waals surface area contributed by atoms with Crippen LogP contribution in [-0.4, -0.2) is 5.84 Å². The number of fused-ring (bicyclic) bond motifs is 3. The molecule has 6 aromatic rings. The van der Waals surface area contributed by atoms with E-state index in [1.807, 2.05) is 6.07 Å². The van der Waals surface area contributed by atoms with Gasteiger partial charge in [0.05, 0.1) is 12.1 Å². The summed E-state index contributed by atoms with van der Waals surface area (Å²) < 4.78 is 0. The van der Waals surface area contributed by atoms with Crippen LogP contribution >= 0.6 is 0 Å². The zero-order valence-electron chi connectivity index (χ0n) is 24.2. The number of hydrogen-bond acceptors (Lipinski definition) is 3. The smallest absolute Gasteiger partial charge is 0.133 e. The fraction of sp³-hybridized carbons (Fsp3) is 0.0488. The molecule has 44 heavy (non-hydrogen) atoms. The predicted octanol–water partition coefficient (Wildman–Crippen LogP) is 9.57. The molecule has 0 aromatic heterocycles. The topological polar surface area (TPSA) is 36.4 Å². The van der Waals surface area contributed by atoms with Crippen LogP contribution < -0.4 is 10.6 Å². The molecule has 210 valence electrons. The molecule has 0 amide bonds. The van der Waals surface area contributed by atoms with Crippen molar-refractivity contribution in [2.24, 2.45) is 4.99 Å². The number of benzene rings is 6. The van der Waals surface area contributed by atoms with Gasteiger partial charge in [0.25, 0.3) is 0 Å². The van der Waals surface area contributed by atoms with E-state index >= 15 is 0 Å². The van der Waals surface area contributed by atoms with Crippen LogP contribution in [0.1, 0.15) is 45.5 Å². The summed E-state index contributed by atoms with van der Waals surface area (Å²) in [6.07, 6.45) is 4.61. The first-order chi connectivity index (χ1) is 21.8. The highest BCUT2D eigenvalue weighted by atomic mass is 15.0. The predicted molar refractivity (Wildman–Crippen MR) is 184 cm³/mol. The highest BCUT2D eigenvalue weighted by molar-refractivity contribution is 6.06. The van der Waals surface area contributed by atoms with E-state index in [0.717, 1.165) is 33.9 Å². The van der Waals surface area contributed by atoms with E-state index in [1.54, 1.807) is 0 Å². The second-order valence-electron chi connectivity index (χ2n) is 11.3. The average Bonchev–Trinajstić information content (AvgIpc) is 3.12. The number of nitrogens with zero attached hydrogens (tertiary/aromatic N) is 1. The minimum Gasteiger partial charge on any atom is -0.374 e. The van der Waals surface area contributed by atoms with E-state index in [1.165, 1.54) is 33.0 Å². The molecular formula is C41H31N3. The summed E-state index contributed by atoms with van der Waals surface area (Å²) in [4.78, 5) is 5.20. The van der Waals surface area contributed by atoms with E-state index in [4.69, 9.17) is 4.99 Å². The molecule has 8 rings (SSSR count). The van der Waals surface area contributed by atoms with Crippen molar-refractivity contribution < 1.29 is 0 Å². The van der Waals surface area contributed by atoms with Gasteiger partial charge in [-0.1, -0.05) is 140 Å². The Labute approximate surface area is 258 Å². The molecule has 2 atom stereocenters. The Kier molecular flexibility index (Phi) is 6.62. The lowest BCUT2D eigenvalue weighted by Gasteiger charge is -2.29. The molecule has 2 unspecified atom stereocenters. The van der Waals surface area contributed by atoms with Crippen LogP contribution in [0.4, 0.5) is 5.69 Å². The van der Waals surface area contributed by atoms with E-state index < -0.39 is 0 Å². The van der Waals surface area contributed by atoms with Crippen molar-refractivity contribution in [3.63, 3.8) is 0 Å². The molecule has 0 radical (unpaired) electrons. The fourth-order valence-electron chi connectivity index (χ4n) is 6.34. The standard InChI is InChI=1S/C41H31N3/c1-5-13-28(14-6-1)35-26-37(29-15-7-2-8-16-29)42-36-24-22-32-25-33(21-23-34(32)40(35)36)39-27-38(30-17-9-3-10-18-30)43-41(44-39)31-19-11-4-12-20-31/h1-27,37,39,42H,(H,43,44). The maximum atomic E-state index is 5.20. The van der Waals surface area contributed by atoms with Gasteiger partial charge in [0.15, 0.2) is 0 Å². The summed E-state index contributed by atoms with van der Waals surface area (Å²) in [7, 11) is 0. The highest BCUT2D eigenvalue weighted by Crippen LogP contribution is 2.43. The molecule has 0 aliphatic carbocycles. The molecule has 0 fully saturated rings. The monoisotopic (exact) mass is 565 g/mol. The SMILES string of the molecule is C1=C(c2ccccc2)NC(c2ccccc2)=NC1c1ccc2c3c(ccc2c1)NC(c1ccccc1)C=C3c1ccccc1. The molecule has 2 N–H and O–H groups in total. The molecule has 2 aliphatic heterocycles. The van der Waals surface area contributed by atoms with Crippen molar-refractivity contribution in [1.29, 1.82) is 0 Å². The van der Waals surface area contributed by atoms with Gasteiger partial charge in [0, 0.05) is 22.5 Å². The maximum absolute atomic E-state index is 5.20. The van der Waals surface area contributed by atoms with Gasteiger partial charge in [-0.3, -0.25) is 4.99 Å². The van der Waals surface area contributed by atoms with E-state index in [-0.39, 0.29) is 12.1 Å². The van der Waals surface area contributed by atoms with Gasteiger partial charge in [0.1, 0.15) is 5.84 Å². The summed E-state index contributed by atoms with van der Waals surface area (Å²) >= 11 is 0. The van der Waals surface area contributed by atoms with Crippen LogP contribution in [0.15, 0.2) is 169 Å². The van der Waals surface area contributed by atoms with Crippen LogP contribution in [0, 0.1) is 0 Å². The van der Waals surface area contributed by atoms with Gasteiger partial charge >= 0.3 is 0 Å². The first kappa shape index (κ1) is 26.0. The number of rotatable bonds is 5. The fourth-order valence-corrected chi connectivity index (χ4v) is 6.34. The lowest BCUT2D eigenvalue weighted by Crippen LogP contribution is -2.27. The number of aliphatic imine (C=N–C) groups is 1. The summed E-state index contributed by atoms with van der Waals surface area (Å²) in [5.74, 6) is 0.882. The molecule has 6 aromatic carbocycles. The zero-order chi connectivity index (χ0) is 29.3. The Balaban J connectivity index is 1.24. The normalized spacial score (nSPS) is 17.4. The molecule has 2 aliphatic rings. The summed E-state index contributed by atoms with van der Waals surface area (Å²) in [5, 5.41) is 9.85. The van der Waals surface area contributed by atoms with Crippen LogP contribution in [0.3, 0.4) is 0 Å². The molecule has 0 saturated carbocycles. The summed E-state index contributed by atoms with van der Waals surface area (Å²) in [5.41, 5.74) is 10.6. The van der Waals surface area contributed by atoms with Crippen molar-refractivity contribution in [3.8, 4) is 0 Å². The quantitative estimate of drug-likeness (QED) is 0.218. The van der Waals surface area contributed by atoms with Gasteiger partial charge < -0.3 is 10.6 Å². The number of amidine groups is 1. The average molecular weight is 566 g/mol. The third-order valence-corrected chi connectivity index (χ3v) is 8.52. The molecule has 0 bridgehead atoms.